The molecule has 106 valence electrons. The zero-order chi connectivity index (χ0) is 14.5. The SMILES string of the molecule is CN(Cc1ccc(C(N)=O)cc1)S(=O)(=O)CCCCl. The maximum atomic E-state index is 11.9. The summed E-state index contributed by atoms with van der Waals surface area (Å²) in [5, 5.41) is 0. The second-order valence-corrected chi connectivity index (χ2v) is 6.75. The number of hydrogen-bond acceptors (Lipinski definition) is 3. The van der Waals surface area contributed by atoms with Crippen molar-refractivity contribution in [3.63, 3.8) is 0 Å². The molecular weight excluding hydrogens is 288 g/mol. The zero-order valence-corrected chi connectivity index (χ0v) is 12.2. The Balaban J connectivity index is 2.71. The lowest BCUT2D eigenvalue weighted by Crippen LogP contribution is -2.29. The van der Waals surface area contributed by atoms with E-state index in [2.05, 4.69) is 0 Å². The number of benzene rings is 1. The quantitative estimate of drug-likeness (QED) is 0.768. The predicted octanol–water partition coefficient (Wildman–Crippen LogP) is 1.18. The first-order valence-corrected chi connectivity index (χ1v) is 7.90. The fourth-order valence-electron chi connectivity index (χ4n) is 1.52. The lowest BCUT2D eigenvalue weighted by atomic mass is 10.1. The number of alkyl halides is 1. The van der Waals surface area contributed by atoms with Gasteiger partial charge in [-0.05, 0) is 24.1 Å². The van der Waals surface area contributed by atoms with Crippen LogP contribution < -0.4 is 5.73 Å². The first kappa shape index (κ1) is 15.9. The molecule has 0 aromatic heterocycles. The topological polar surface area (TPSA) is 80.5 Å². The van der Waals surface area contributed by atoms with E-state index in [9.17, 15) is 13.2 Å². The maximum Gasteiger partial charge on any atom is 0.248 e. The Kier molecular flexibility index (Phi) is 5.78. The number of carbonyl (C=O) groups excluding carboxylic acids is 1. The van der Waals surface area contributed by atoms with Crippen molar-refractivity contribution in [2.24, 2.45) is 5.73 Å². The van der Waals surface area contributed by atoms with Crippen LogP contribution in [-0.2, 0) is 16.6 Å². The molecule has 0 aliphatic heterocycles. The average Bonchev–Trinajstić information content (AvgIpc) is 2.37. The van der Waals surface area contributed by atoms with Crippen LogP contribution in [0.25, 0.3) is 0 Å². The van der Waals surface area contributed by atoms with Crippen molar-refractivity contribution in [3.05, 3.63) is 35.4 Å². The molecule has 0 atom stereocenters. The van der Waals surface area contributed by atoms with Crippen molar-refractivity contribution in [2.45, 2.75) is 13.0 Å². The number of primary amides is 1. The van der Waals surface area contributed by atoms with Gasteiger partial charge >= 0.3 is 0 Å². The molecule has 0 unspecified atom stereocenters. The Bertz CT molecular complexity index is 528. The smallest absolute Gasteiger partial charge is 0.248 e. The number of nitrogens with two attached hydrogens (primary N) is 1. The summed E-state index contributed by atoms with van der Waals surface area (Å²) in [6.45, 7) is 0.254. The summed E-state index contributed by atoms with van der Waals surface area (Å²) < 4.78 is 25.0. The van der Waals surface area contributed by atoms with Crippen LogP contribution in [0.3, 0.4) is 0 Å². The Morgan fingerprint density at radius 2 is 1.89 bits per heavy atom. The molecule has 0 aliphatic rings. The van der Waals surface area contributed by atoms with Gasteiger partial charge in [-0.2, -0.15) is 0 Å². The summed E-state index contributed by atoms with van der Waals surface area (Å²) in [6, 6.07) is 6.54. The molecule has 0 radical (unpaired) electrons. The predicted molar refractivity (Wildman–Crippen MR) is 75.6 cm³/mol. The van der Waals surface area contributed by atoms with Gasteiger partial charge in [-0.15, -0.1) is 11.6 Å². The van der Waals surface area contributed by atoms with Crippen LogP contribution >= 0.6 is 11.6 Å². The van der Waals surface area contributed by atoms with Gasteiger partial charge in [0.15, 0.2) is 0 Å². The molecule has 0 heterocycles. The Labute approximate surface area is 118 Å². The molecule has 5 nitrogen and oxygen atoms in total. The Hall–Kier alpha value is -1.11. The summed E-state index contributed by atoms with van der Waals surface area (Å²) in [6.07, 6.45) is 0.425. The molecule has 0 aliphatic carbocycles. The zero-order valence-electron chi connectivity index (χ0n) is 10.7. The highest BCUT2D eigenvalue weighted by Gasteiger charge is 2.17. The molecule has 0 saturated heterocycles. The van der Waals surface area contributed by atoms with Gasteiger partial charge < -0.3 is 5.73 Å². The van der Waals surface area contributed by atoms with Crippen LogP contribution in [0.5, 0.6) is 0 Å². The van der Waals surface area contributed by atoms with E-state index in [1.54, 1.807) is 24.3 Å². The summed E-state index contributed by atoms with van der Waals surface area (Å²) in [4.78, 5) is 10.9. The molecule has 0 fully saturated rings. The fraction of sp³-hybridized carbons (Fsp3) is 0.417. The molecule has 1 rings (SSSR count). The molecular formula is C12H17ClN2O3S. The minimum atomic E-state index is -3.29. The van der Waals surface area contributed by atoms with Crippen LogP contribution in [0.1, 0.15) is 22.3 Å². The number of nitrogens with zero attached hydrogens (tertiary/aromatic N) is 1. The van der Waals surface area contributed by atoms with Crippen LogP contribution in [0.15, 0.2) is 24.3 Å². The minimum absolute atomic E-state index is 0.0341. The highest BCUT2D eigenvalue weighted by Crippen LogP contribution is 2.10. The molecule has 0 spiro atoms. The number of sulfonamides is 1. The molecule has 2 N–H and O–H groups in total. The Morgan fingerprint density at radius 3 is 2.37 bits per heavy atom. The molecule has 0 saturated carbocycles. The van der Waals surface area contributed by atoms with E-state index in [1.807, 2.05) is 0 Å². The van der Waals surface area contributed by atoms with Crippen LogP contribution in [0.2, 0.25) is 0 Å². The van der Waals surface area contributed by atoms with E-state index in [0.29, 0.717) is 17.9 Å². The highest BCUT2D eigenvalue weighted by molar-refractivity contribution is 7.89. The van der Waals surface area contributed by atoms with E-state index in [4.69, 9.17) is 17.3 Å². The van der Waals surface area contributed by atoms with Crippen molar-refractivity contribution in [1.29, 1.82) is 0 Å². The van der Waals surface area contributed by atoms with Gasteiger partial charge in [-0.1, -0.05) is 12.1 Å². The van der Waals surface area contributed by atoms with E-state index in [1.165, 1.54) is 11.4 Å². The normalized spacial score (nSPS) is 11.7. The molecule has 1 amide bonds. The standard InChI is InChI=1S/C12H17ClN2O3S/c1-15(19(17,18)8-2-7-13)9-10-3-5-11(6-4-10)12(14)16/h3-6H,2,7-9H2,1H3,(H2,14,16). The van der Waals surface area contributed by atoms with E-state index in [-0.39, 0.29) is 12.3 Å². The molecule has 0 bridgehead atoms. The highest BCUT2D eigenvalue weighted by atomic mass is 35.5. The number of hydrogen-bond donors (Lipinski definition) is 1. The van der Waals surface area contributed by atoms with E-state index >= 15 is 0 Å². The summed E-state index contributed by atoms with van der Waals surface area (Å²) >= 11 is 5.49. The third-order valence-electron chi connectivity index (χ3n) is 2.65. The van der Waals surface area contributed by atoms with Crippen LogP contribution in [0, 0.1) is 0 Å². The van der Waals surface area contributed by atoms with Crippen molar-refractivity contribution in [1.82, 2.24) is 4.31 Å². The number of halogens is 1. The van der Waals surface area contributed by atoms with Gasteiger partial charge in [0.25, 0.3) is 0 Å². The van der Waals surface area contributed by atoms with Crippen molar-refractivity contribution < 1.29 is 13.2 Å². The average molecular weight is 305 g/mol. The summed E-state index contributed by atoms with van der Waals surface area (Å²) in [5.74, 6) is -0.151. The lowest BCUT2D eigenvalue weighted by molar-refractivity contribution is 0.100. The van der Waals surface area contributed by atoms with Gasteiger partial charge in [-0.25, -0.2) is 12.7 Å². The third-order valence-corrected chi connectivity index (χ3v) is 4.81. The van der Waals surface area contributed by atoms with E-state index in [0.717, 1.165) is 5.56 Å². The van der Waals surface area contributed by atoms with Crippen molar-refractivity contribution in [3.8, 4) is 0 Å². The number of amides is 1. The van der Waals surface area contributed by atoms with Crippen molar-refractivity contribution >= 4 is 27.5 Å². The first-order chi connectivity index (χ1) is 8.86. The second-order valence-electron chi connectivity index (χ2n) is 4.18. The van der Waals surface area contributed by atoms with Gasteiger partial charge in [0, 0.05) is 25.0 Å². The minimum Gasteiger partial charge on any atom is -0.366 e. The van der Waals surface area contributed by atoms with Crippen LogP contribution in [0.4, 0.5) is 0 Å². The second kappa shape index (κ2) is 6.88. The largest absolute Gasteiger partial charge is 0.366 e. The van der Waals surface area contributed by atoms with Gasteiger partial charge in [-0.3, -0.25) is 4.79 Å². The number of rotatable bonds is 7. The monoisotopic (exact) mass is 304 g/mol. The van der Waals surface area contributed by atoms with E-state index < -0.39 is 15.9 Å². The van der Waals surface area contributed by atoms with Gasteiger partial charge in [0.1, 0.15) is 0 Å². The van der Waals surface area contributed by atoms with Gasteiger partial charge in [0.05, 0.1) is 5.75 Å². The fourth-order valence-corrected chi connectivity index (χ4v) is 2.98. The summed E-state index contributed by atoms with van der Waals surface area (Å²) in [7, 11) is -1.77. The van der Waals surface area contributed by atoms with Crippen molar-refractivity contribution in [2.75, 3.05) is 18.7 Å². The van der Waals surface area contributed by atoms with Gasteiger partial charge in [0.2, 0.25) is 15.9 Å². The molecule has 19 heavy (non-hydrogen) atoms. The molecule has 1 aromatic rings. The molecule has 1 aromatic carbocycles. The first-order valence-electron chi connectivity index (χ1n) is 5.75. The lowest BCUT2D eigenvalue weighted by Gasteiger charge is -2.17. The summed E-state index contributed by atoms with van der Waals surface area (Å²) in [5.41, 5.74) is 6.32. The third kappa shape index (κ3) is 4.81. The maximum absolute atomic E-state index is 11.9. The number of carbonyl (C=O) groups is 1. The molecule has 7 heteroatoms. The Morgan fingerprint density at radius 1 is 1.32 bits per heavy atom. The van der Waals surface area contributed by atoms with Crippen LogP contribution in [-0.4, -0.2) is 37.3 Å².